The van der Waals surface area contributed by atoms with Gasteiger partial charge in [-0.2, -0.15) is 0 Å². The van der Waals surface area contributed by atoms with Crippen LogP contribution in [0.4, 0.5) is 0 Å². The SMILES string of the molecule is COc1ccccc1C(OCCN)(c1ccccc1OC)c1ccccc1OC. The van der Waals surface area contributed by atoms with Crippen LogP contribution in [0.3, 0.4) is 0 Å². The summed E-state index contributed by atoms with van der Waals surface area (Å²) in [5.41, 5.74) is 7.33. The molecule has 3 aromatic rings. The molecule has 0 aliphatic carbocycles. The van der Waals surface area contributed by atoms with Crippen molar-refractivity contribution in [3.63, 3.8) is 0 Å². The highest BCUT2D eigenvalue weighted by Crippen LogP contribution is 2.49. The van der Waals surface area contributed by atoms with Crippen LogP contribution in [0.1, 0.15) is 16.7 Å². The van der Waals surface area contributed by atoms with Crippen molar-refractivity contribution in [1.29, 1.82) is 0 Å². The number of hydrogen-bond acceptors (Lipinski definition) is 5. The van der Waals surface area contributed by atoms with Gasteiger partial charge < -0.3 is 24.7 Å². The lowest BCUT2D eigenvalue weighted by Gasteiger charge is -2.38. The van der Waals surface area contributed by atoms with Crippen LogP contribution in [0.15, 0.2) is 72.8 Å². The molecule has 0 unspecified atom stereocenters. The molecule has 0 radical (unpaired) electrons. The third-order valence-corrected chi connectivity index (χ3v) is 4.90. The van der Waals surface area contributed by atoms with Crippen molar-refractivity contribution in [2.24, 2.45) is 5.73 Å². The molecule has 0 amide bonds. The van der Waals surface area contributed by atoms with Gasteiger partial charge in [0.15, 0.2) is 5.60 Å². The van der Waals surface area contributed by atoms with Gasteiger partial charge in [0.1, 0.15) is 17.2 Å². The summed E-state index contributed by atoms with van der Waals surface area (Å²) >= 11 is 0. The largest absolute Gasteiger partial charge is 0.496 e. The average Bonchev–Trinajstić information content (AvgIpc) is 2.80. The van der Waals surface area contributed by atoms with E-state index in [2.05, 4.69) is 0 Å². The first-order valence-corrected chi connectivity index (χ1v) is 9.47. The van der Waals surface area contributed by atoms with Gasteiger partial charge in [-0.25, -0.2) is 0 Å². The first kappa shape index (κ1) is 20.7. The van der Waals surface area contributed by atoms with Crippen molar-refractivity contribution in [3.05, 3.63) is 89.5 Å². The van der Waals surface area contributed by atoms with Crippen molar-refractivity contribution >= 4 is 0 Å². The van der Waals surface area contributed by atoms with E-state index < -0.39 is 5.60 Å². The van der Waals surface area contributed by atoms with Crippen LogP contribution < -0.4 is 19.9 Å². The van der Waals surface area contributed by atoms with E-state index in [1.165, 1.54) is 0 Å². The van der Waals surface area contributed by atoms with Crippen molar-refractivity contribution in [2.75, 3.05) is 34.5 Å². The van der Waals surface area contributed by atoms with Gasteiger partial charge in [0.2, 0.25) is 0 Å². The third kappa shape index (κ3) is 3.79. The predicted molar refractivity (Wildman–Crippen MR) is 114 cm³/mol. The second-order valence-corrected chi connectivity index (χ2v) is 6.42. The van der Waals surface area contributed by atoms with Crippen molar-refractivity contribution < 1.29 is 18.9 Å². The monoisotopic (exact) mass is 393 g/mol. The van der Waals surface area contributed by atoms with Gasteiger partial charge in [-0.3, -0.25) is 0 Å². The van der Waals surface area contributed by atoms with Crippen LogP contribution >= 0.6 is 0 Å². The van der Waals surface area contributed by atoms with E-state index in [0.29, 0.717) is 30.4 Å². The molecule has 0 aromatic heterocycles. The molecule has 0 aliphatic rings. The molecule has 0 bridgehead atoms. The number of methoxy groups -OCH3 is 3. The molecule has 0 saturated heterocycles. The molecule has 0 aliphatic heterocycles. The van der Waals surface area contributed by atoms with E-state index in [9.17, 15) is 0 Å². The van der Waals surface area contributed by atoms with Gasteiger partial charge in [0.25, 0.3) is 0 Å². The standard InChI is InChI=1S/C24H27NO4/c1-26-21-13-7-4-10-18(21)24(29-17-16-25,19-11-5-8-14-22(19)27-2)20-12-6-9-15-23(20)28-3/h4-15H,16-17,25H2,1-3H3. The Morgan fingerprint density at radius 2 is 0.966 bits per heavy atom. The van der Waals surface area contributed by atoms with E-state index in [1.807, 2.05) is 72.8 Å². The number of para-hydroxylation sites is 3. The zero-order chi connectivity index (χ0) is 20.7. The van der Waals surface area contributed by atoms with Gasteiger partial charge in [-0.05, 0) is 18.2 Å². The van der Waals surface area contributed by atoms with E-state index in [0.717, 1.165) is 16.7 Å². The molecule has 2 N–H and O–H groups in total. The Balaban J connectivity index is 2.46. The summed E-state index contributed by atoms with van der Waals surface area (Å²) in [6.45, 7) is 0.690. The van der Waals surface area contributed by atoms with E-state index >= 15 is 0 Å². The second kappa shape index (κ2) is 9.45. The molecule has 29 heavy (non-hydrogen) atoms. The van der Waals surface area contributed by atoms with E-state index in [4.69, 9.17) is 24.7 Å². The molecule has 0 spiro atoms. The van der Waals surface area contributed by atoms with Crippen LogP contribution in [-0.4, -0.2) is 34.5 Å². The molecule has 0 fully saturated rings. The summed E-state index contributed by atoms with van der Waals surface area (Å²) in [5, 5.41) is 0. The first-order chi connectivity index (χ1) is 14.2. The van der Waals surface area contributed by atoms with Crippen molar-refractivity contribution in [2.45, 2.75) is 5.60 Å². The number of nitrogens with two attached hydrogens (primary N) is 1. The number of benzene rings is 3. The minimum atomic E-state index is -1.05. The first-order valence-electron chi connectivity index (χ1n) is 9.47. The lowest BCUT2D eigenvalue weighted by Crippen LogP contribution is -2.36. The smallest absolute Gasteiger partial charge is 0.154 e. The van der Waals surface area contributed by atoms with Crippen molar-refractivity contribution in [1.82, 2.24) is 0 Å². The van der Waals surface area contributed by atoms with Crippen LogP contribution in [0, 0.1) is 0 Å². The van der Waals surface area contributed by atoms with Gasteiger partial charge in [-0.1, -0.05) is 54.6 Å². The summed E-state index contributed by atoms with van der Waals surface area (Å²) in [4.78, 5) is 0. The summed E-state index contributed by atoms with van der Waals surface area (Å²) in [5.74, 6) is 2.09. The highest BCUT2D eigenvalue weighted by molar-refractivity contribution is 5.59. The topological polar surface area (TPSA) is 62.9 Å². The summed E-state index contributed by atoms with van der Waals surface area (Å²) in [6, 6.07) is 23.4. The predicted octanol–water partition coefficient (Wildman–Crippen LogP) is 3.98. The van der Waals surface area contributed by atoms with Gasteiger partial charge in [-0.15, -0.1) is 0 Å². The molecule has 152 valence electrons. The fraction of sp³-hybridized carbons (Fsp3) is 0.250. The summed E-state index contributed by atoms with van der Waals surface area (Å²) < 4.78 is 23.8. The van der Waals surface area contributed by atoms with Gasteiger partial charge >= 0.3 is 0 Å². The number of rotatable bonds is 9. The summed E-state index contributed by atoms with van der Waals surface area (Å²) in [7, 11) is 4.95. The Hall–Kier alpha value is -3.02. The summed E-state index contributed by atoms with van der Waals surface area (Å²) in [6.07, 6.45) is 0. The van der Waals surface area contributed by atoms with Crippen LogP contribution in [0.25, 0.3) is 0 Å². The maximum Gasteiger partial charge on any atom is 0.154 e. The number of hydrogen-bond donors (Lipinski definition) is 1. The van der Waals surface area contributed by atoms with Crippen LogP contribution in [-0.2, 0) is 10.3 Å². The quantitative estimate of drug-likeness (QED) is 0.557. The molecule has 3 rings (SSSR count). The average molecular weight is 393 g/mol. The minimum Gasteiger partial charge on any atom is -0.496 e. The fourth-order valence-electron chi connectivity index (χ4n) is 3.69. The maximum absolute atomic E-state index is 6.60. The fourth-order valence-corrected chi connectivity index (χ4v) is 3.69. The second-order valence-electron chi connectivity index (χ2n) is 6.42. The minimum absolute atomic E-state index is 0.328. The Kier molecular flexibility index (Phi) is 6.75. The lowest BCUT2D eigenvalue weighted by molar-refractivity contribution is 0.0131. The molecule has 0 saturated carbocycles. The Morgan fingerprint density at radius 3 is 1.28 bits per heavy atom. The van der Waals surface area contributed by atoms with Gasteiger partial charge in [0, 0.05) is 23.2 Å². The Morgan fingerprint density at radius 1 is 0.621 bits per heavy atom. The zero-order valence-corrected chi connectivity index (χ0v) is 17.1. The van der Waals surface area contributed by atoms with Crippen LogP contribution in [0.5, 0.6) is 17.2 Å². The molecule has 0 heterocycles. The van der Waals surface area contributed by atoms with E-state index in [1.54, 1.807) is 21.3 Å². The van der Waals surface area contributed by atoms with Crippen molar-refractivity contribution in [3.8, 4) is 17.2 Å². The highest BCUT2D eigenvalue weighted by Gasteiger charge is 2.43. The number of ether oxygens (including phenoxy) is 4. The normalized spacial score (nSPS) is 11.2. The van der Waals surface area contributed by atoms with E-state index in [-0.39, 0.29) is 0 Å². The molecule has 5 heteroatoms. The Labute approximate surface area is 172 Å². The Bertz CT molecular complexity index is 826. The molecular formula is C24H27NO4. The van der Waals surface area contributed by atoms with Crippen LogP contribution in [0.2, 0.25) is 0 Å². The third-order valence-electron chi connectivity index (χ3n) is 4.90. The highest BCUT2D eigenvalue weighted by atomic mass is 16.5. The molecule has 5 nitrogen and oxygen atoms in total. The van der Waals surface area contributed by atoms with Gasteiger partial charge in [0.05, 0.1) is 27.9 Å². The maximum atomic E-state index is 6.60. The lowest BCUT2D eigenvalue weighted by atomic mass is 9.78. The molecule has 0 atom stereocenters. The molecular weight excluding hydrogens is 366 g/mol. The zero-order valence-electron chi connectivity index (χ0n) is 17.1. The molecule has 3 aromatic carbocycles.